The van der Waals surface area contributed by atoms with Gasteiger partial charge in [0.15, 0.2) is 0 Å². The monoisotopic (exact) mass is 280 g/mol. The predicted octanol–water partition coefficient (Wildman–Crippen LogP) is 2.18. The van der Waals surface area contributed by atoms with E-state index in [1.54, 1.807) is 7.11 Å². The van der Waals surface area contributed by atoms with Crippen LogP contribution in [0.1, 0.15) is 32.8 Å². The lowest BCUT2D eigenvalue weighted by Crippen LogP contribution is -2.45. The Labute approximate surface area is 122 Å². The first-order valence-electron chi connectivity index (χ1n) is 7.43. The van der Waals surface area contributed by atoms with Crippen LogP contribution in [-0.2, 0) is 5.72 Å². The molecule has 1 unspecified atom stereocenters. The Morgan fingerprint density at radius 2 is 1.75 bits per heavy atom. The molecular weight excluding hydrogens is 252 g/mol. The van der Waals surface area contributed by atoms with Crippen molar-refractivity contribution < 1.29 is 9.84 Å². The van der Waals surface area contributed by atoms with Crippen LogP contribution < -0.4 is 10.1 Å². The quantitative estimate of drug-likeness (QED) is 0.681. The molecule has 0 saturated carbocycles. The second-order valence-electron chi connectivity index (χ2n) is 4.90. The number of rotatable bonds is 9. The molecule has 1 atom stereocenters. The molecule has 0 aliphatic heterocycles. The van der Waals surface area contributed by atoms with E-state index in [-0.39, 0.29) is 0 Å². The highest BCUT2D eigenvalue weighted by molar-refractivity contribution is 5.30. The highest BCUT2D eigenvalue weighted by Crippen LogP contribution is 2.23. The van der Waals surface area contributed by atoms with Gasteiger partial charge in [-0.1, -0.05) is 32.9 Å². The van der Waals surface area contributed by atoms with Crippen molar-refractivity contribution in [1.29, 1.82) is 0 Å². The lowest BCUT2D eigenvalue weighted by Gasteiger charge is -2.30. The molecule has 0 spiro atoms. The van der Waals surface area contributed by atoms with Gasteiger partial charge in [-0.15, -0.1) is 0 Å². The van der Waals surface area contributed by atoms with Crippen molar-refractivity contribution in [3.05, 3.63) is 29.8 Å². The lowest BCUT2D eigenvalue weighted by molar-refractivity contribution is -0.00527. The molecule has 1 rings (SSSR count). The molecule has 2 N–H and O–H groups in total. The Hall–Kier alpha value is -1.10. The van der Waals surface area contributed by atoms with E-state index in [1.807, 2.05) is 31.2 Å². The summed E-state index contributed by atoms with van der Waals surface area (Å²) in [5.74, 6) is 0.801. The van der Waals surface area contributed by atoms with Crippen molar-refractivity contribution in [2.45, 2.75) is 32.9 Å². The molecular formula is C16H28N2O2. The number of ether oxygens (including phenoxy) is 1. The average molecular weight is 280 g/mol. The standard InChI is InChI=1S/C16H28N2O2/c1-5-16(19,17-12-13-18(6-2)7-3)14-8-10-15(20-4)11-9-14/h8-11,17,19H,5-7,12-13H2,1-4H3. The van der Waals surface area contributed by atoms with Crippen molar-refractivity contribution in [3.63, 3.8) is 0 Å². The van der Waals surface area contributed by atoms with Crippen molar-refractivity contribution >= 4 is 0 Å². The Morgan fingerprint density at radius 3 is 2.20 bits per heavy atom. The molecule has 20 heavy (non-hydrogen) atoms. The van der Waals surface area contributed by atoms with E-state index in [0.29, 0.717) is 6.42 Å². The summed E-state index contributed by atoms with van der Waals surface area (Å²) in [4.78, 5) is 2.33. The molecule has 0 fully saturated rings. The smallest absolute Gasteiger partial charge is 0.141 e. The van der Waals surface area contributed by atoms with Gasteiger partial charge >= 0.3 is 0 Å². The third kappa shape index (κ3) is 4.47. The van der Waals surface area contributed by atoms with Crippen molar-refractivity contribution in [2.75, 3.05) is 33.3 Å². The normalized spacial score (nSPS) is 14.3. The molecule has 0 amide bonds. The first-order valence-corrected chi connectivity index (χ1v) is 7.43. The molecule has 1 aromatic carbocycles. The minimum atomic E-state index is -0.973. The summed E-state index contributed by atoms with van der Waals surface area (Å²) in [6.45, 7) is 10.0. The Kier molecular flexibility index (Phi) is 6.99. The van der Waals surface area contributed by atoms with Gasteiger partial charge in [-0.3, -0.25) is 5.32 Å². The number of aliphatic hydroxyl groups is 1. The van der Waals surface area contributed by atoms with Gasteiger partial charge in [0.25, 0.3) is 0 Å². The van der Waals surface area contributed by atoms with Crippen LogP contribution in [0.15, 0.2) is 24.3 Å². The lowest BCUT2D eigenvalue weighted by atomic mass is 10.00. The van der Waals surface area contributed by atoms with Gasteiger partial charge < -0.3 is 14.7 Å². The number of methoxy groups -OCH3 is 1. The summed E-state index contributed by atoms with van der Waals surface area (Å²) in [5, 5.41) is 14.0. The molecule has 0 aromatic heterocycles. The molecule has 0 aliphatic rings. The van der Waals surface area contributed by atoms with Crippen molar-refractivity contribution in [1.82, 2.24) is 10.2 Å². The molecule has 0 saturated heterocycles. The fourth-order valence-corrected chi connectivity index (χ4v) is 2.26. The maximum absolute atomic E-state index is 10.7. The van der Waals surface area contributed by atoms with Gasteiger partial charge in [-0.05, 0) is 37.2 Å². The number of nitrogens with zero attached hydrogens (tertiary/aromatic N) is 1. The second-order valence-corrected chi connectivity index (χ2v) is 4.90. The Balaban J connectivity index is 2.65. The summed E-state index contributed by atoms with van der Waals surface area (Å²) >= 11 is 0. The maximum Gasteiger partial charge on any atom is 0.141 e. The van der Waals surface area contributed by atoms with Gasteiger partial charge in [0.2, 0.25) is 0 Å². The molecule has 114 valence electrons. The van der Waals surface area contributed by atoms with Crippen LogP contribution in [0.25, 0.3) is 0 Å². The number of benzene rings is 1. The minimum absolute atomic E-state index is 0.623. The van der Waals surface area contributed by atoms with E-state index < -0.39 is 5.72 Å². The van der Waals surface area contributed by atoms with Crippen molar-refractivity contribution in [3.8, 4) is 5.75 Å². The topological polar surface area (TPSA) is 44.7 Å². The van der Waals surface area contributed by atoms with Crippen LogP contribution in [-0.4, -0.2) is 43.3 Å². The largest absolute Gasteiger partial charge is 0.497 e. The highest BCUT2D eigenvalue weighted by Gasteiger charge is 2.26. The zero-order valence-corrected chi connectivity index (χ0v) is 13.1. The van der Waals surface area contributed by atoms with Crippen LogP contribution in [0.4, 0.5) is 0 Å². The van der Waals surface area contributed by atoms with Crippen LogP contribution in [0.2, 0.25) is 0 Å². The summed E-state index contributed by atoms with van der Waals surface area (Å²) in [7, 11) is 1.64. The van der Waals surface area contributed by atoms with Crippen LogP contribution >= 0.6 is 0 Å². The number of nitrogens with one attached hydrogen (secondary N) is 1. The zero-order valence-electron chi connectivity index (χ0n) is 13.1. The molecule has 4 heteroatoms. The maximum atomic E-state index is 10.7. The van der Waals surface area contributed by atoms with E-state index in [0.717, 1.165) is 37.5 Å². The summed E-state index contributed by atoms with van der Waals surface area (Å²) < 4.78 is 5.15. The highest BCUT2D eigenvalue weighted by atomic mass is 16.5. The number of likely N-dealkylation sites (N-methyl/N-ethyl adjacent to an activating group) is 1. The Bertz CT molecular complexity index is 377. The van der Waals surface area contributed by atoms with Gasteiger partial charge in [0, 0.05) is 13.1 Å². The molecule has 4 nitrogen and oxygen atoms in total. The number of hydrogen-bond acceptors (Lipinski definition) is 4. The fraction of sp³-hybridized carbons (Fsp3) is 0.625. The van der Waals surface area contributed by atoms with Crippen LogP contribution in [0, 0.1) is 0 Å². The van der Waals surface area contributed by atoms with Crippen LogP contribution in [0.3, 0.4) is 0 Å². The minimum Gasteiger partial charge on any atom is -0.497 e. The first-order chi connectivity index (χ1) is 9.59. The summed E-state index contributed by atoms with van der Waals surface area (Å²) in [6, 6.07) is 7.57. The van der Waals surface area contributed by atoms with E-state index >= 15 is 0 Å². The van der Waals surface area contributed by atoms with Crippen LogP contribution in [0.5, 0.6) is 5.75 Å². The number of hydrogen-bond donors (Lipinski definition) is 2. The van der Waals surface area contributed by atoms with E-state index in [9.17, 15) is 5.11 Å². The van der Waals surface area contributed by atoms with Gasteiger partial charge in [0.05, 0.1) is 7.11 Å². The molecule has 0 radical (unpaired) electrons. The summed E-state index contributed by atoms with van der Waals surface area (Å²) in [5.41, 5.74) is -0.0975. The fourth-order valence-electron chi connectivity index (χ4n) is 2.26. The average Bonchev–Trinajstić information content (AvgIpc) is 2.51. The zero-order chi connectivity index (χ0) is 15.0. The van der Waals surface area contributed by atoms with E-state index in [2.05, 4.69) is 24.1 Å². The van der Waals surface area contributed by atoms with E-state index in [4.69, 9.17) is 4.74 Å². The molecule has 1 aromatic rings. The molecule has 0 heterocycles. The first kappa shape index (κ1) is 17.0. The SMILES string of the molecule is CCN(CC)CCNC(O)(CC)c1ccc(OC)cc1. The second kappa shape index (κ2) is 8.25. The molecule has 0 aliphatic carbocycles. The van der Waals surface area contributed by atoms with Gasteiger partial charge in [-0.2, -0.15) is 0 Å². The molecule has 0 bridgehead atoms. The third-order valence-corrected chi connectivity index (χ3v) is 3.82. The van der Waals surface area contributed by atoms with Gasteiger partial charge in [-0.25, -0.2) is 0 Å². The Morgan fingerprint density at radius 1 is 1.15 bits per heavy atom. The van der Waals surface area contributed by atoms with Crippen molar-refractivity contribution in [2.24, 2.45) is 0 Å². The van der Waals surface area contributed by atoms with E-state index in [1.165, 1.54) is 0 Å². The predicted molar refractivity (Wildman–Crippen MR) is 83.0 cm³/mol. The third-order valence-electron chi connectivity index (χ3n) is 3.82. The summed E-state index contributed by atoms with van der Waals surface area (Å²) in [6.07, 6.45) is 0.623. The van der Waals surface area contributed by atoms with Gasteiger partial charge in [0.1, 0.15) is 11.5 Å².